The van der Waals surface area contributed by atoms with E-state index in [1.807, 2.05) is 18.2 Å². The standard InChI is InChI=1S/C15H18N2O4/c1-9-14(15(18)19)10(2)17(16-9)8-11-5-6-12(20-3)13(7-11)21-4/h5-7H,8H2,1-4H3,(H,18,19). The first kappa shape index (κ1) is 14.9. The highest BCUT2D eigenvalue weighted by Crippen LogP contribution is 2.28. The fourth-order valence-corrected chi connectivity index (χ4v) is 2.31. The third kappa shape index (κ3) is 2.84. The number of aryl methyl sites for hydroxylation is 1. The fourth-order valence-electron chi connectivity index (χ4n) is 2.31. The topological polar surface area (TPSA) is 73.6 Å². The number of benzene rings is 1. The predicted molar refractivity (Wildman–Crippen MR) is 77.3 cm³/mol. The number of carbonyl (C=O) groups is 1. The van der Waals surface area contributed by atoms with Crippen LogP contribution < -0.4 is 9.47 Å². The molecule has 0 aliphatic heterocycles. The largest absolute Gasteiger partial charge is 0.493 e. The molecule has 0 spiro atoms. The van der Waals surface area contributed by atoms with Crippen molar-refractivity contribution < 1.29 is 19.4 Å². The molecule has 0 bridgehead atoms. The van der Waals surface area contributed by atoms with Crippen LogP contribution in [-0.4, -0.2) is 35.1 Å². The lowest BCUT2D eigenvalue weighted by atomic mass is 10.2. The summed E-state index contributed by atoms with van der Waals surface area (Å²) < 4.78 is 12.1. The Labute approximate surface area is 122 Å². The van der Waals surface area contributed by atoms with Crippen LogP contribution in [0.25, 0.3) is 0 Å². The smallest absolute Gasteiger partial charge is 0.339 e. The van der Waals surface area contributed by atoms with Crippen molar-refractivity contribution in [3.8, 4) is 11.5 Å². The number of hydrogen-bond donors (Lipinski definition) is 1. The van der Waals surface area contributed by atoms with Crippen molar-refractivity contribution in [2.75, 3.05) is 14.2 Å². The van der Waals surface area contributed by atoms with Crippen LogP contribution in [0.4, 0.5) is 0 Å². The van der Waals surface area contributed by atoms with E-state index in [2.05, 4.69) is 5.10 Å². The second-order valence-corrected chi connectivity index (χ2v) is 4.70. The third-order valence-electron chi connectivity index (χ3n) is 3.38. The second-order valence-electron chi connectivity index (χ2n) is 4.70. The Kier molecular flexibility index (Phi) is 4.16. The molecule has 1 aromatic carbocycles. The van der Waals surface area contributed by atoms with E-state index in [4.69, 9.17) is 9.47 Å². The quantitative estimate of drug-likeness (QED) is 0.914. The number of aromatic carboxylic acids is 1. The van der Waals surface area contributed by atoms with E-state index in [9.17, 15) is 9.90 Å². The van der Waals surface area contributed by atoms with Gasteiger partial charge in [-0.2, -0.15) is 5.10 Å². The number of methoxy groups -OCH3 is 2. The molecule has 0 radical (unpaired) electrons. The van der Waals surface area contributed by atoms with Gasteiger partial charge in [-0.3, -0.25) is 4.68 Å². The number of carboxylic acids is 1. The Morgan fingerprint density at radius 1 is 1.24 bits per heavy atom. The second kappa shape index (κ2) is 5.87. The van der Waals surface area contributed by atoms with Crippen molar-refractivity contribution in [3.63, 3.8) is 0 Å². The van der Waals surface area contributed by atoms with Crippen molar-refractivity contribution in [2.24, 2.45) is 0 Å². The number of rotatable bonds is 5. The summed E-state index contributed by atoms with van der Waals surface area (Å²) in [5.74, 6) is 0.333. The third-order valence-corrected chi connectivity index (χ3v) is 3.38. The molecule has 0 aliphatic carbocycles. The average Bonchev–Trinajstić information content (AvgIpc) is 2.73. The van der Waals surface area contributed by atoms with E-state index < -0.39 is 5.97 Å². The van der Waals surface area contributed by atoms with Gasteiger partial charge in [-0.25, -0.2) is 4.79 Å². The van der Waals surface area contributed by atoms with Crippen molar-refractivity contribution >= 4 is 5.97 Å². The molecule has 0 aliphatic rings. The van der Waals surface area contributed by atoms with Gasteiger partial charge in [-0.15, -0.1) is 0 Å². The van der Waals surface area contributed by atoms with Crippen LogP contribution in [0.15, 0.2) is 18.2 Å². The van der Waals surface area contributed by atoms with E-state index in [0.717, 1.165) is 5.56 Å². The first-order valence-corrected chi connectivity index (χ1v) is 6.46. The number of aromatic nitrogens is 2. The maximum atomic E-state index is 11.2. The lowest BCUT2D eigenvalue weighted by Gasteiger charge is -2.10. The van der Waals surface area contributed by atoms with Gasteiger partial charge in [0, 0.05) is 0 Å². The number of carboxylic acid groups (broad SMARTS) is 1. The Hall–Kier alpha value is -2.50. The highest BCUT2D eigenvalue weighted by Gasteiger charge is 2.18. The summed E-state index contributed by atoms with van der Waals surface area (Å²) in [4.78, 5) is 11.2. The molecular formula is C15H18N2O4. The minimum absolute atomic E-state index is 0.260. The molecule has 112 valence electrons. The van der Waals surface area contributed by atoms with Gasteiger partial charge in [0.05, 0.1) is 32.2 Å². The molecule has 6 heteroatoms. The van der Waals surface area contributed by atoms with Gasteiger partial charge in [0.15, 0.2) is 11.5 Å². The molecule has 2 rings (SSSR count). The van der Waals surface area contributed by atoms with Crippen molar-refractivity contribution in [1.82, 2.24) is 9.78 Å². The first-order chi connectivity index (χ1) is 9.97. The summed E-state index contributed by atoms with van der Waals surface area (Å²) in [6.07, 6.45) is 0. The first-order valence-electron chi connectivity index (χ1n) is 6.46. The van der Waals surface area contributed by atoms with Crippen LogP contribution in [-0.2, 0) is 6.54 Å². The lowest BCUT2D eigenvalue weighted by molar-refractivity contribution is 0.0695. The van der Waals surface area contributed by atoms with Crippen molar-refractivity contribution in [2.45, 2.75) is 20.4 Å². The Bertz CT molecular complexity index is 677. The lowest BCUT2D eigenvalue weighted by Crippen LogP contribution is -2.06. The summed E-state index contributed by atoms with van der Waals surface area (Å²) >= 11 is 0. The molecular weight excluding hydrogens is 272 g/mol. The SMILES string of the molecule is COc1ccc(Cn2nc(C)c(C(=O)O)c2C)cc1OC. The molecule has 1 N–H and O–H groups in total. The Balaban J connectivity index is 2.35. The predicted octanol–water partition coefficient (Wildman–Crippen LogP) is 2.26. The Morgan fingerprint density at radius 2 is 1.90 bits per heavy atom. The van der Waals surface area contributed by atoms with Crippen LogP contribution in [0.1, 0.15) is 27.3 Å². The fraction of sp³-hybridized carbons (Fsp3) is 0.333. The zero-order valence-electron chi connectivity index (χ0n) is 12.5. The normalized spacial score (nSPS) is 10.5. The van der Waals surface area contributed by atoms with Crippen LogP contribution in [0, 0.1) is 13.8 Å². The van der Waals surface area contributed by atoms with Crippen molar-refractivity contribution in [1.29, 1.82) is 0 Å². The zero-order chi connectivity index (χ0) is 15.6. The molecule has 1 heterocycles. The minimum Gasteiger partial charge on any atom is -0.493 e. The highest BCUT2D eigenvalue weighted by molar-refractivity contribution is 5.90. The number of hydrogen-bond acceptors (Lipinski definition) is 4. The van der Waals surface area contributed by atoms with E-state index in [1.54, 1.807) is 32.7 Å². The summed E-state index contributed by atoms with van der Waals surface area (Å²) in [5.41, 5.74) is 2.36. The van der Waals surface area contributed by atoms with Gasteiger partial charge in [-0.1, -0.05) is 6.07 Å². The van der Waals surface area contributed by atoms with Gasteiger partial charge >= 0.3 is 5.97 Å². The van der Waals surface area contributed by atoms with Gasteiger partial charge in [-0.05, 0) is 31.5 Å². The van der Waals surface area contributed by atoms with E-state index in [0.29, 0.717) is 29.4 Å². The molecule has 2 aromatic rings. The maximum absolute atomic E-state index is 11.2. The van der Waals surface area contributed by atoms with Crippen molar-refractivity contribution in [3.05, 3.63) is 40.7 Å². The monoisotopic (exact) mass is 290 g/mol. The summed E-state index contributed by atoms with van der Waals surface area (Å²) in [6, 6.07) is 5.58. The Morgan fingerprint density at radius 3 is 2.43 bits per heavy atom. The van der Waals surface area contributed by atoms with Gasteiger partial charge in [0.25, 0.3) is 0 Å². The summed E-state index contributed by atoms with van der Waals surface area (Å²) in [5, 5.41) is 13.5. The molecule has 0 unspecified atom stereocenters. The van der Waals surface area contributed by atoms with Crippen LogP contribution in [0.2, 0.25) is 0 Å². The maximum Gasteiger partial charge on any atom is 0.339 e. The van der Waals surface area contributed by atoms with Gasteiger partial charge < -0.3 is 14.6 Å². The molecule has 0 amide bonds. The number of nitrogens with zero attached hydrogens (tertiary/aromatic N) is 2. The van der Waals surface area contributed by atoms with E-state index >= 15 is 0 Å². The molecule has 0 saturated heterocycles. The molecule has 21 heavy (non-hydrogen) atoms. The van der Waals surface area contributed by atoms with Gasteiger partial charge in [0.1, 0.15) is 5.56 Å². The average molecular weight is 290 g/mol. The van der Waals surface area contributed by atoms with Crippen LogP contribution >= 0.6 is 0 Å². The summed E-state index contributed by atoms with van der Waals surface area (Å²) in [7, 11) is 3.16. The van der Waals surface area contributed by atoms with Gasteiger partial charge in [0.2, 0.25) is 0 Å². The minimum atomic E-state index is -0.955. The molecule has 0 fully saturated rings. The molecule has 6 nitrogen and oxygen atoms in total. The van der Waals surface area contributed by atoms with E-state index in [-0.39, 0.29) is 5.56 Å². The highest BCUT2D eigenvalue weighted by atomic mass is 16.5. The summed E-state index contributed by atoms with van der Waals surface area (Å²) in [6.45, 7) is 3.92. The molecule has 1 aromatic heterocycles. The van der Waals surface area contributed by atoms with E-state index in [1.165, 1.54) is 0 Å². The molecule has 0 atom stereocenters. The van der Waals surface area contributed by atoms with Crippen LogP contribution in [0.3, 0.4) is 0 Å². The zero-order valence-corrected chi connectivity index (χ0v) is 12.5. The number of ether oxygens (including phenoxy) is 2. The molecule has 0 saturated carbocycles. The van der Waals surface area contributed by atoms with Crippen LogP contribution in [0.5, 0.6) is 11.5 Å².